The second-order valence-electron chi connectivity index (χ2n) is 6.40. The van der Waals surface area contributed by atoms with Crippen LogP contribution >= 0.6 is 0 Å². The van der Waals surface area contributed by atoms with E-state index < -0.39 is 11.5 Å². The van der Waals surface area contributed by atoms with Gasteiger partial charge in [-0.05, 0) is 44.9 Å². The fourth-order valence-corrected chi connectivity index (χ4v) is 3.05. The molecule has 2 fully saturated rings. The average Bonchev–Trinajstić information content (AvgIpc) is 3.19. The summed E-state index contributed by atoms with van der Waals surface area (Å²) < 4.78 is 5.09. The first-order chi connectivity index (χ1) is 9.97. The molecule has 1 unspecified atom stereocenters. The van der Waals surface area contributed by atoms with Gasteiger partial charge in [0.05, 0.1) is 18.6 Å². The lowest BCUT2D eigenvalue weighted by Crippen LogP contribution is -2.59. The van der Waals surface area contributed by atoms with Crippen molar-refractivity contribution in [2.24, 2.45) is 5.92 Å². The molecule has 6 heteroatoms. The Morgan fingerprint density at radius 1 is 1.43 bits per heavy atom. The van der Waals surface area contributed by atoms with E-state index in [-0.39, 0.29) is 18.5 Å². The zero-order valence-electron chi connectivity index (χ0n) is 12.9. The van der Waals surface area contributed by atoms with E-state index in [1.807, 2.05) is 4.90 Å². The summed E-state index contributed by atoms with van der Waals surface area (Å²) >= 11 is 0. The highest BCUT2D eigenvalue weighted by Gasteiger charge is 2.42. The summed E-state index contributed by atoms with van der Waals surface area (Å²) in [6.07, 6.45) is 4.82. The minimum atomic E-state index is -0.853. The summed E-state index contributed by atoms with van der Waals surface area (Å²) in [5, 5.41) is 12.0. The van der Waals surface area contributed by atoms with Crippen LogP contribution < -0.4 is 5.32 Å². The fourth-order valence-electron chi connectivity index (χ4n) is 3.05. The summed E-state index contributed by atoms with van der Waals surface area (Å²) in [4.78, 5) is 25.4. The van der Waals surface area contributed by atoms with Crippen molar-refractivity contribution >= 4 is 12.0 Å². The minimum Gasteiger partial charge on any atom is -0.481 e. The number of nitrogens with zero attached hydrogens (tertiary/aromatic N) is 1. The molecule has 0 aromatic heterocycles. The van der Waals surface area contributed by atoms with Gasteiger partial charge in [-0.2, -0.15) is 0 Å². The molecule has 6 nitrogen and oxygen atoms in total. The van der Waals surface area contributed by atoms with Gasteiger partial charge in [-0.1, -0.05) is 0 Å². The number of carboxylic acid groups (broad SMARTS) is 1. The second kappa shape index (κ2) is 6.64. The molecule has 2 saturated carbocycles. The van der Waals surface area contributed by atoms with Crippen LogP contribution in [-0.4, -0.2) is 53.8 Å². The standard InChI is InChI=1S/C15H26N2O4/c1-11(12-4-5-12)17(8-9-21-2)14(20)16-15(6-3-7-15)10-13(18)19/h11-12H,3-10H2,1-2H3,(H,16,20)(H,18,19). The number of rotatable bonds is 8. The fraction of sp³-hybridized carbons (Fsp3) is 0.867. The Kier molecular flexibility index (Phi) is 5.08. The molecule has 1 atom stereocenters. The maximum atomic E-state index is 12.6. The Labute approximate surface area is 125 Å². The first-order valence-corrected chi connectivity index (χ1v) is 7.77. The van der Waals surface area contributed by atoms with Crippen LogP contribution in [0.2, 0.25) is 0 Å². The molecular formula is C15H26N2O4. The number of carbonyl (C=O) groups is 2. The van der Waals surface area contributed by atoms with Gasteiger partial charge in [0.1, 0.15) is 0 Å². The Hall–Kier alpha value is -1.30. The number of ether oxygens (including phenoxy) is 1. The Morgan fingerprint density at radius 3 is 2.52 bits per heavy atom. The van der Waals surface area contributed by atoms with Gasteiger partial charge in [0.2, 0.25) is 0 Å². The molecule has 0 heterocycles. The van der Waals surface area contributed by atoms with E-state index >= 15 is 0 Å². The highest BCUT2D eigenvalue weighted by Crippen LogP contribution is 2.37. The zero-order valence-corrected chi connectivity index (χ0v) is 12.9. The molecule has 0 aromatic carbocycles. The second-order valence-corrected chi connectivity index (χ2v) is 6.40. The van der Waals surface area contributed by atoms with Crippen LogP contribution in [0, 0.1) is 5.92 Å². The van der Waals surface area contributed by atoms with Crippen molar-refractivity contribution < 1.29 is 19.4 Å². The maximum absolute atomic E-state index is 12.6. The molecule has 2 N–H and O–H groups in total. The number of urea groups is 1. The first kappa shape index (κ1) is 16.1. The molecule has 2 aliphatic carbocycles. The summed E-state index contributed by atoms with van der Waals surface area (Å²) in [6.45, 7) is 3.11. The third kappa shape index (κ3) is 4.09. The number of carboxylic acids is 1. The predicted octanol–water partition coefficient (Wildman–Crippen LogP) is 1.84. The average molecular weight is 298 g/mol. The van der Waals surface area contributed by atoms with Gasteiger partial charge in [0, 0.05) is 19.7 Å². The summed E-state index contributed by atoms with van der Waals surface area (Å²) in [7, 11) is 1.62. The van der Waals surface area contributed by atoms with E-state index in [2.05, 4.69) is 12.2 Å². The maximum Gasteiger partial charge on any atom is 0.318 e. The van der Waals surface area contributed by atoms with E-state index in [1.54, 1.807) is 7.11 Å². The molecule has 0 bridgehead atoms. The van der Waals surface area contributed by atoms with Crippen LogP contribution in [0.25, 0.3) is 0 Å². The lowest BCUT2D eigenvalue weighted by molar-refractivity contribution is -0.139. The van der Waals surface area contributed by atoms with Gasteiger partial charge in [-0.25, -0.2) is 4.79 Å². The molecule has 0 aliphatic heterocycles. The molecule has 120 valence electrons. The molecule has 2 rings (SSSR count). The Balaban J connectivity index is 1.97. The van der Waals surface area contributed by atoms with Gasteiger partial charge < -0.3 is 20.1 Å². The molecule has 0 saturated heterocycles. The number of hydrogen-bond donors (Lipinski definition) is 2. The van der Waals surface area contributed by atoms with Crippen molar-refractivity contribution in [2.45, 2.75) is 57.0 Å². The summed E-state index contributed by atoms with van der Waals surface area (Å²) in [5.41, 5.74) is -0.544. The smallest absolute Gasteiger partial charge is 0.318 e. The lowest BCUT2D eigenvalue weighted by atomic mass is 9.74. The predicted molar refractivity (Wildman–Crippen MR) is 78.1 cm³/mol. The number of carbonyl (C=O) groups excluding carboxylic acids is 1. The molecule has 0 radical (unpaired) electrons. The van der Waals surface area contributed by atoms with Crippen LogP contribution in [0.15, 0.2) is 0 Å². The third-order valence-corrected chi connectivity index (χ3v) is 4.77. The number of nitrogens with one attached hydrogen (secondary N) is 1. The molecule has 0 aromatic rings. The Bertz CT molecular complexity index is 391. The van der Waals surface area contributed by atoms with E-state index in [9.17, 15) is 9.59 Å². The molecule has 2 amide bonds. The zero-order chi connectivity index (χ0) is 15.5. The summed E-state index contributed by atoms with van der Waals surface area (Å²) in [5.74, 6) is -0.280. The van der Waals surface area contributed by atoms with E-state index in [0.717, 1.165) is 32.1 Å². The monoisotopic (exact) mass is 298 g/mol. The van der Waals surface area contributed by atoms with Gasteiger partial charge in [0.25, 0.3) is 0 Å². The van der Waals surface area contributed by atoms with Gasteiger partial charge in [-0.3, -0.25) is 4.79 Å². The third-order valence-electron chi connectivity index (χ3n) is 4.77. The molecular weight excluding hydrogens is 272 g/mol. The van der Waals surface area contributed by atoms with Gasteiger partial charge in [0.15, 0.2) is 0 Å². The van der Waals surface area contributed by atoms with Crippen molar-refractivity contribution in [1.29, 1.82) is 0 Å². The highest BCUT2D eigenvalue weighted by molar-refractivity contribution is 5.77. The van der Waals surface area contributed by atoms with Crippen molar-refractivity contribution in [3.05, 3.63) is 0 Å². The van der Waals surface area contributed by atoms with E-state index in [4.69, 9.17) is 9.84 Å². The van der Waals surface area contributed by atoms with Crippen LogP contribution in [0.5, 0.6) is 0 Å². The van der Waals surface area contributed by atoms with Crippen LogP contribution in [0.1, 0.15) is 45.4 Å². The van der Waals surface area contributed by atoms with Crippen molar-refractivity contribution in [2.75, 3.05) is 20.3 Å². The summed E-state index contributed by atoms with van der Waals surface area (Å²) in [6, 6.07) is 0.0366. The largest absolute Gasteiger partial charge is 0.481 e. The molecule has 21 heavy (non-hydrogen) atoms. The quantitative estimate of drug-likeness (QED) is 0.716. The number of amides is 2. The number of aliphatic carboxylic acids is 1. The Morgan fingerprint density at radius 2 is 2.10 bits per heavy atom. The van der Waals surface area contributed by atoms with Crippen molar-refractivity contribution in [3.8, 4) is 0 Å². The number of methoxy groups -OCH3 is 1. The number of hydrogen-bond acceptors (Lipinski definition) is 3. The normalized spacial score (nSPS) is 21.2. The minimum absolute atomic E-state index is 0.00860. The van der Waals surface area contributed by atoms with Crippen LogP contribution in [0.4, 0.5) is 4.79 Å². The van der Waals surface area contributed by atoms with Gasteiger partial charge >= 0.3 is 12.0 Å². The van der Waals surface area contributed by atoms with E-state index in [0.29, 0.717) is 19.1 Å². The van der Waals surface area contributed by atoms with Crippen LogP contribution in [0.3, 0.4) is 0 Å². The highest BCUT2D eigenvalue weighted by atomic mass is 16.5. The van der Waals surface area contributed by atoms with Crippen molar-refractivity contribution in [1.82, 2.24) is 10.2 Å². The molecule has 2 aliphatic rings. The van der Waals surface area contributed by atoms with E-state index in [1.165, 1.54) is 0 Å². The first-order valence-electron chi connectivity index (χ1n) is 7.77. The van der Waals surface area contributed by atoms with Crippen molar-refractivity contribution in [3.63, 3.8) is 0 Å². The van der Waals surface area contributed by atoms with Crippen LogP contribution in [-0.2, 0) is 9.53 Å². The SMILES string of the molecule is COCCN(C(=O)NC1(CC(=O)O)CCC1)C(C)C1CC1. The lowest BCUT2D eigenvalue weighted by Gasteiger charge is -2.43. The van der Waals surface area contributed by atoms with Gasteiger partial charge in [-0.15, -0.1) is 0 Å². The molecule has 0 spiro atoms. The topological polar surface area (TPSA) is 78.9 Å².